The molecule has 2 rings (SSSR count). The first-order valence-electron chi connectivity index (χ1n) is 7.01. The molecular weight excluding hydrogens is 206 g/mol. The van der Waals surface area contributed by atoms with Crippen molar-refractivity contribution in [2.75, 3.05) is 6.54 Å². The third-order valence-electron chi connectivity index (χ3n) is 4.49. The van der Waals surface area contributed by atoms with E-state index < -0.39 is 0 Å². The number of rotatable bonds is 5. The minimum Gasteiger partial charge on any atom is -0.312 e. The summed E-state index contributed by atoms with van der Waals surface area (Å²) in [7, 11) is 0. The van der Waals surface area contributed by atoms with Crippen molar-refractivity contribution >= 4 is 0 Å². The second kappa shape index (κ2) is 5.68. The van der Waals surface area contributed by atoms with Gasteiger partial charge in [0.05, 0.1) is 0 Å². The van der Waals surface area contributed by atoms with Crippen LogP contribution in [-0.4, -0.2) is 6.54 Å². The van der Waals surface area contributed by atoms with E-state index in [9.17, 15) is 0 Å². The van der Waals surface area contributed by atoms with E-state index in [-0.39, 0.29) is 0 Å². The van der Waals surface area contributed by atoms with Crippen LogP contribution >= 0.6 is 0 Å². The van der Waals surface area contributed by atoms with E-state index in [0.717, 1.165) is 6.54 Å². The molecule has 1 aromatic carbocycles. The van der Waals surface area contributed by atoms with Gasteiger partial charge in [-0.1, -0.05) is 44.0 Å². The summed E-state index contributed by atoms with van der Waals surface area (Å²) < 4.78 is 0. The third kappa shape index (κ3) is 3.10. The number of hydrogen-bond donors (Lipinski definition) is 1. The average Bonchev–Trinajstić information content (AvgIpc) is 2.81. The fourth-order valence-electron chi connectivity index (χ4n) is 3.05. The number of hydrogen-bond acceptors (Lipinski definition) is 1. The monoisotopic (exact) mass is 231 g/mol. The first kappa shape index (κ1) is 12.6. The van der Waals surface area contributed by atoms with Gasteiger partial charge in [-0.3, -0.25) is 0 Å². The second-order valence-corrected chi connectivity index (χ2v) is 5.59. The molecule has 0 atom stereocenters. The zero-order valence-corrected chi connectivity index (χ0v) is 11.3. The third-order valence-corrected chi connectivity index (χ3v) is 4.49. The standard InChI is InChI=1S/C16H25N/c1-3-16(10-6-7-11-16)13-17-12-15-9-5-4-8-14(15)2/h4-5,8-9,17H,3,6-7,10-13H2,1-2H3. The zero-order chi connectivity index (χ0) is 12.1. The van der Waals surface area contributed by atoms with Crippen LogP contribution in [0.2, 0.25) is 0 Å². The molecule has 17 heavy (non-hydrogen) atoms. The second-order valence-electron chi connectivity index (χ2n) is 5.59. The lowest BCUT2D eigenvalue weighted by molar-refractivity contribution is 0.268. The van der Waals surface area contributed by atoms with Crippen LogP contribution in [0.3, 0.4) is 0 Å². The van der Waals surface area contributed by atoms with E-state index >= 15 is 0 Å². The smallest absolute Gasteiger partial charge is 0.0208 e. The predicted octanol–water partition coefficient (Wildman–Crippen LogP) is 4.06. The molecule has 0 bridgehead atoms. The van der Waals surface area contributed by atoms with Gasteiger partial charge in [0.25, 0.3) is 0 Å². The van der Waals surface area contributed by atoms with Crippen molar-refractivity contribution < 1.29 is 0 Å². The molecule has 1 saturated carbocycles. The average molecular weight is 231 g/mol. The van der Waals surface area contributed by atoms with E-state index in [1.807, 2.05) is 0 Å². The van der Waals surface area contributed by atoms with E-state index in [2.05, 4.69) is 43.4 Å². The molecule has 0 heterocycles. The lowest BCUT2D eigenvalue weighted by Crippen LogP contribution is -2.31. The Hall–Kier alpha value is -0.820. The SMILES string of the molecule is CCC1(CNCc2ccccc2C)CCCC1. The van der Waals surface area contributed by atoms with Crippen LogP contribution in [-0.2, 0) is 6.54 Å². The summed E-state index contributed by atoms with van der Waals surface area (Å²) in [5, 5.41) is 3.68. The Morgan fingerprint density at radius 2 is 1.88 bits per heavy atom. The maximum absolute atomic E-state index is 3.68. The molecule has 1 aromatic rings. The Morgan fingerprint density at radius 3 is 2.53 bits per heavy atom. The Kier molecular flexibility index (Phi) is 4.22. The van der Waals surface area contributed by atoms with E-state index in [0.29, 0.717) is 5.41 Å². The van der Waals surface area contributed by atoms with Gasteiger partial charge in [0.15, 0.2) is 0 Å². The normalized spacial score (nSPS) is 18.5. The van der Waals surface area contributed by atoms with Crippen molar-refractivity contribution in [1.29, 1.82) is 0 Å². The molecular formula is C16H25N. The van der Waals surface area contributed by atoms with Crippen molar-refractivity contribution in [3.8, 4) is 0 Å². The van der Waals surface area contributed by atoms with Gasteiger partial charge >= 0.3 is 0 Å². The maximum atomic E-state index is 3.68. The highest BCUT2D eigenvalue weighted by Crippen LogP contribution is 2.40. The Labute approximate surface area is 106 Å². The van der Waals surface area contributed by atoms with E-state index in [1.54, 1.807) is 0 Å². The van der Waals surface area contributed by atoms with Crippen LogP contribution in [0.15, 0.2) is 24.3 Å². The molecule has 1 aliphatic carbocycles. The molecule has 1 aliphatic rings. The highest BCUT2D eigenvalue weighted by atomic mass is 14.9. The van der Waals surface area contributed by atoms with Gasteiger partial charge in [-0.05, 0) is 42.7 Å². The van der Waals surface area contributed by atoms with Crippen LogP contribution < -0.4 is 5.32 Å². The molecule has 1 heteroatoms. The fourth-order valence-corrected chi connectivity index (χ4v) is 3.05. The summed E-state index contributed by atoms with van der Waals surface area (Å²) in [4.78, 5) is 0. The van der Waals surface area contributed by atoms with Crippen molar-refractivity contribution in [3.05, 3.63) is 35.4 Å². The summed E-state index contributed by atoms with van der Waals surface area (Å²) in [6.07, 6.45) is 7.03. The molecule has 0 saturated heterocycles. The summed E-state index contributed by atoms with van der Waals surface area (Å²) in [5.41, 5.74) is 3.44. The quantitative estimate of drug-likeness (QED) is 0.806. The molecule has 1 N–H and O–H groups in total. The Balaban J connectivity index is 1.85. The van der Waals surface area contributed by atoms with Crippen molar-refractivity contribution in [1.82, 2.24) is 5.32 Å². The highest BCUT2D eigenvalue weighted by Gasteiger charge is 2.31. The number of nitrogens with one attached hydrogen (secondary N) is 1. The summed E-state index contributed by atoms with van der Waals surface area (Å²) in [5.74, 6) is 0. The molecule has 0 radical (unpaired) electrons. The van der Waals surface area contributed by atoms with E-state index in [1.165, 1.54) is 49.8 Å². The first-order chi connectivity index (χ1) is 8.26. The molecule has 0 spiro atoms. The van der Waals surface area contributed by atoms with Gasteiger partial charge in [-0.15, -0.1) is 0 Å². The topological polar surface area (TPSA) is 12.0 Å². The first-order valence-corrected chi connectivity index (χ1v) is 7.01. The summed E-state index contributed by atoms with van der Waals surface area (Å²) >= 11 is 0. The minimum absolute atomic E-state index is 0.600. The van der Waals surface area contributed by atoms with Crippen LogP contribution in [0.25, 0.3) is 0 Å². The fraction of sp³-hybridized carbons (Fsp3) is 0.625. The number of benzene rings is 1. The maximum Gasteiger partial charge on any atom is 0.0208 e. The van der Waals surface area contributed by atoms with Gasteiger partial charge in [0, 0.05) is 13.1 Å². The predicted molar refractivity (Wildman–Crippen MR) is 74.1 cm³/mol. The molecule has 0 aliphatic heterocycles. The Morgan fingerprint density at radius 1 is 1.18 bits per heavy atom. The molecule has 1 fully saturated rings. The largest absolute Gasteiger partial charge is 0.312 e. The summed E-state index contributed by atoms with van der Waals surface area (Å²) in [6, 6.07) is 8.68. The molecule has 0 aromatic heterocycles. The van der Waals surface area contributed by atoms with Gasteiger partial charge in [-0.2, -0.15) is 0 Å². The van der Waals surface area contributed by atoms with Crippen molar-refractivity contribution in [2.45, 2.75) is 52.5 Å². The highest BCUT2D eigenvalue weighted by molar-refractivity contribution is 5.25. The van der Waals surface area contributed by atoms with Gasteiger partial charge in [0.1, 0.15) is 0 Å². The van der Waals surface area contributed by atoms with Crippen LogP contribution in [0, 0.1) is 12.3 Å². The molecule has 0 unspecified atom stereocenters. The minimum atomic E-state index is 0.600. The van der Waals surface area contributed by atoms with E-state index in [4.69, 9.17) is 0 Å². The van der Waals surface area contributed by atoms with Gasteiger partial charge in [-0.25, -0.2) is 0 Å². The van der Waals surface area contributed by atoms with Crippen molar-refractivity contribution in [3.63, 3.8) is 0 Å². The molecule has 94 valence electrons. The lowest BCUT2D eigenvalue weighted by atomic mass is 9.83. The zero-order valence-electron chi connectivity index (χ0n) is 11.3. The van der Waals surface area contributed by atoms with Gasteiger partial charge < -0.3 is 5.32 Å². The van der Waals surface area contributed by atoms with Crippen molar-refractivity contribution in [2.24, 2.45) is 5.41 Å². The van der Waals surface area contributed by atoms with Crippen LogP contribution in [0.5, 0.6) is 0 Å². The van der Waals surface area contributed by atoms with Crippen LogP contribution in [0.4, 0.5) is 0 Å². The molecule has 1 nitrogen and oxygen atoms in total. The Bertz CT molecular complexity index is 350. The van der Waals surface area contributed by atoms with Crippen LogP contribution in [0.1, 0.15) is 50.2 Å². The lowest BCUT2D eigenvalue weighted by Gasteiger charge is -2.28. The molecule has 0 amide bonds. The van der Waals surface area contributed by atoms with Gasteiger partial charge in [0.2, 0.25) is 0 Å². The summed E-state index contributed by atoms with van der Waals surface area (Å²) in [6.45, 7) is 6.76. The number of aryl methyl sites for hydroxylation is 1.